The molecule has 1 atom stereocenters. The highest BCUT2D eigenvalue weighted by molar-refractivity contribution is 5.71. The Morgan fingerprint density at radius 3 is 2.22 bits per heavy atom. The van der Waals surface area contributed by atoms with Crippen LogP contribution in [0.3, 0.4) is 0 Å². The molecule has 0 fully saturated rings. The molecule has 0 aromatic heterocycles. The van der Waals surface area contributed by atoms with Gasteiger partial charge in [-0.25, -0.2) is 0 Å². The smallest absolute Gasteiger partial charge is 0.320 e. The molecule has 0 spiro atoms. The number of hydrogen-bond donors (Lipinski definition) is 1. The lowest BCUT2D eigenvalue weighted by Gasteiger charge is -2.07. The van der Waals surface area contributed by atoms with Crippen molar-refractivity contribution in [1.82, 2.24) is 5.32 Å². The molecule has 1 N–H and O–H groups in total. The van der Waals surface area contributed by atoms with E-state index < -0.39 is 0 Å². The second-order valence-electron chi connectivity index (χ2n) is 7.86. The Kier molecular flexibility index (Phi) is 18.9. The zero-order valence-electron chi connectivity index (χ0n) is 18.4. The molecular formula is C24H45NO2. The van der Waals surface area contributed by atoms with Gasteiger partial charge in [-0.2, -0.15) is 0 Å². The van der Waals surface area contributed by atoms with Crippen molar-refractivity contribution in [1.29, 1.82) is 0 Å². The number of unbranched alkanes of at least 4 members (excludes halogenated alkanes) is 9. The second-order valence-corrected chi connectivity index (χ2v) is 7.86. The van der Waals surface area contributed by atoms with Gasteiger partial charge >= 0.3 is 5.97 Å². The van der Waals surface area contributed by atoms with Crippen LogP contribution in [0.2, 0.25) is 0 Å². The van der Waals surface area contributed by atoms with Crippen LogP contribution in [0.5, 0.6) is 0 Å². The van der Waals surface area contributed by atoms with Crippen LogP contribution in [0, 0.1) is 5.92 Å². The molecule has 0 bridgehead atoms. The number of hydrogen-bond acceptors (Lipinski definition) is 3. The average Bonchev–Trinajstić information content (AvgIpc) is 2.67. The summed E-state index contributed by atoms with van der Waals surface area (Å²) in [7, 11) is 0. The lowest BCUT2D eigenvalue weighted by Crippen LogP contribution is -2.26. The van der Waals surface area contributed by atoms with Gasteiger partial charge in [0.2, 0.25) is 0 Å². The van der Waals surface area contributed by atoms with E-state index in [9.17, 15) is 4.79 Å². The summed E-state index contributed by atoms with van der Waals surface area (Å²) in [5.41, 5.74) is 1.12. The molecule has 0 aromatic carbocycles. The summed E-state index contributed by atoms with van der Waals surface area (Å²) >= 11 is 0. The topological polar surface area (TPSA) is 38.3 Å². The van der Waals surface area contributed by atoms with Crippen LogP contribution in [0.1, 0.15) is 97.8 Å². The number of carbonyl (C=O) groups excluding carboxylic acids is 1. The van der Waals surface area contributed by atoms with Crippen molar-refractivity contribution in [2.24, 2.45) is 5.92 Å². The van der Waals surface area contributed by atoms with Crippen molar-refractivity contribution in [2.45, 2.75) is 97.8 Å². The maximum Gasteiger partial charge on any atom is 0.320 e. The highest BCUT2D eigenvalue weighted by Crippen LogP contribution is 2.10. The molecule has 0 amide bonds. The molecule has 3 nitrogen and oxygen atoms in total. The molecule has 0 rings (SSSR count). The predicted molar refractivity (Wildman–Crippen MR) is 118 cm³/mol. The standard InChI is InChI=1S/C24H45NO2/c1-5-7-8-9-10-11-12-13-14-15-19-25-20-24(26)27-21-23(4)18-16-17-22(3)6-2/h6,18,22,25H,2,5,7-17,19-21H2,1,3-4H3. The van der Waals surface area contributed by atoms with Gasteiger partial charge in [0.25, 0.3) is 0 Å². The Balaban J connectivity index is 3.41. The highest BCUT2D eigenvalue weighted by atomic mass is 16.5. The Morgan fingerprint density at radius 1 is 1.04 bits per heavy atom. The third-order valence-electron chi connectivity index (χ3n) is 4.95. The van der Waals surface area contributed by atoms with Crippen LogP contribution in [0.15, 0.2) is 24.3 Å². The summed E-state index contributed by atoms with van der Waals surface area (Å²) in [5.74, 6) is 0.376. The first kappa shape index (κ1) is 25.9. The molecule has 3 heteroatoms. The second kappa shape index (κ2) is 19.7. The van der Waals surface area contributed by atoms with Crippen molar-refractivity contribution >= 4 is 5.97 Å². The van der Waals surface area contributed by atoms with Gasteiger partial charge in [-0.05, 0) is 44.2 Å². The van der Waals surface area contributed by atoms with Gasteiger partial charge in [0.1, 0.15) is 6.61 Å². The van der Waals surface area contributed by atoms with E-state index in [0.717, 1.165) is 31.4 Å². The van der Waals surface area contributed by atoms with Gasteiger partial charge in [0.05, 0.1) is 6.54 Å². The predicted octanol–water partition coefficient (Wildman–Crippen LogP) is 6.59. The molecule has 0 aliphatic rings. The van der Waals surface area contributed by atoms with Crippen LogP contribution in [0.25, 0.3) is 0 Å². The molecule has 27 heavy (non-hydrogen) atoms. The molecule has 0 aromatic rings. The van der Waals surface area contributed by atoms with Crippen molar-refractivity contribution in [3.63, 3.8) is 0 Å². The van der Waals surface area contributed by atoms with Gasteiger partial charge in [0.15, 0.2) is 0 Å². The fourth-order valence-corrected chi connectivity index (χ4v) is 2.94. The summed E-state index contributed by atoms with van der Waals surface area (Å²) in [6.45, 7) is 11.9. The van der Waals surface area contributed by atoms with Gasteiger partial charge in [-0.3, -0.25) is 4.79 Å². The van der Waals surface area contributed by atoms with Crippen LogP contribution < -0.4 is 5.32 Å². The minimum absolute atomic E-state index is 0.158. The number of allylic oxidation sites excluding steroid dienone is 2. The van der Waals surface area contributed by atoms with E-state index in [1.165, 1.54) is 57.8 Å². The Bertz CT molecular complexity index is 390. The fraction of sp³-hybridized carbons (Fsp3) is 0.792. The summed E-state index contributed by atoms with van der Waals surface area (Å²) in [5, 5.41) is 3.19. The third kappa shape index (κ3) is 19.5. The molecule has 0 heterocycles. The number of nitrogens with one attached hydrogen (secondary N) is 1. The fourth-order valence-electron chi connectivity index (χ4n) is 2.94. The maximum atomic E-state index is 11.7. The van der Waals surface area contributed by atoms with Crippen LogP contribution in [0.4, 0.5) is 0 Å². The number of carbonyl (C=O) groups is 1. The first-order chi connectivity index (χ1) is 13.1. The van der Waals surface area contributed by atoms with Crippen LogP contribution in [-0.2, 0) is 9.53 Å². The first-order valence-corrected chi connectivity index (χ1v) is 11.2. The van der Waals surface area contributed by atoms with E-state index in [2.05, 4.69) is 31.8 Å². The Hall–Kier alpha value is -1.09. The lowest BCUT2D eigenvalue weighted by molar-refractivity contribution is -0.141. The van der Waals surface area contributed by atoms with Gasteiger partial charge in [0, 0.05) is 0 Å². The van der Waals surface area contributed by atoms with Crippen molar-refractivity contribution in [3.8, 4) is 0 Å². The summed E-state index contributed by atoms with van der Waals surface area (Å²) < 4.78 is 5.30. The summed E-state index contributed by atoms with van der Waals surface area (Å²) in [6, 6.07) is 0. The van der Waals surface area contributed by atoms with E-state index >= 15 is 0 Å². The zero-order valence-corrected chi connectivity index (χ0v) is 18.4. The molecule has 0 aliphatic carbocycles. The van der Waals surface area contributed by atoms with E-state index in [0.29, 0.717) is 19.1 Å². The average molecular weight is 380 g/mol. The third-order valence-corrected chi connectivity index (χ3v) is 4.95. The van der Waals surface area contributed by atoms with E-state index in [1.807, 2.05) is 13.0 Å². The van der Waals surface area contributed by atoms with Gasteiger partial charge in [-0.15, -0.1) is 6.58 Å². The lowest BCUT2D eigenvalue weighted by atomic mass is 10.1. The number of rotatable bonds is 19. The number of esters is 1. The van der Waals surface area contributed by atoms with E-state index in [1.54, 1.807) is 0 Å². The molecular weight excluding hydrogens is 334 g/mol. The van der Waals surface area contributed by atoms with Crippen molar-refractivity contribution in [3.05, 3.63) is 24.3 Å². The van der Waals surface area contributed by atoms with Gasteiger partial charge < -0.3 is 10.1 Å². The summed E-state index contributed by atoms with van der Waals surface area (Å²) in [6.07, 6.45) is 19.6. The molecule has 0 aliphatic heterocycles. The van der Waals surface area contributed by atoms with E-state index in [4.69, 9.17) is 4.74 Å². The normalized spacial score (nSPS) is 12.8. The first-order valence-electron chi connectivity index (χ1n) is 11.2. The Morgan fingerprint density at radius 2 is 1.63 bits per heavy atom. The molecule has 0 saturated carbocycles. The molecule has 1 unspecified atom stereocenters. The van der Waals surface area contributed by atoms with Crippen LogP contribution in [-0.4, -0.2) is 25.7 Å². The quantitative estimate of drug-likeness (QED) is 0.156. The van der Waals surface area contributed by atoms with Gasteiger partial charge in [-0.1, -0.05) is 83.8 Å². The van der Waals surface area contributed by atoms with Crippen LogP contribution >= 0.6 is 0 Å². The largest absolute Gasteiger partial charge is 0.460 e. The monoisotopic (exact) mass is 379 g/mol. The van der Waals surface area contributed by atoms with E-state index in [-0.39, 0.29) is 5.97 Å². The Labute approximate surface area is 169 Å². The SMILES string of the molecule is C=CC(C)CCC=C(C)COC(=O)CNCCCCCCCCCCCC. The highest BCUT2D eigenvalue weighted by Gasteiger charge is 2.02. The zero-order chi connectivity index (χ0) is 20.2. The maximum absolute atomic E-state index is 11.7. The van der Waals surface area contributed by atoms with Crippen molar-refractivity contribution < 1.29 is 9.53 Å². The van der Waals surface area contributed by atoms with Crippen molar-refractivity contribution in [2.75, 3.05) is 19.7 Å². The minimum atomic E-state index is -0.158. The molecule has 158 valence electrons. The molecule has 0 radical (unpaired) electrons. The molecule has 0 saturated heterocycles. The summed E-state index contributed by atoms with van der Waals surface area (Å²) in [4.78, 5) is 11.7. The number of ether oxygens (including phenoxy) is 1. The minimum Gasteiger partial charge on any atom is -0.460 e.